The fraction of sp³-hybridized carbons (Fsp3) is 0.706. The summed E-state index contributed by atoms with van der Waals surface area (Å²) in [5.74, 6) is 12.3. The molecule has 1 aromatic carbocycles. The molecule has 0 bridgehead atoms. The Labute approximate surface area is 211 Å². The van der Waals surface area contributed by atoms with E-state index in [0.29, 0.717) is 0 Å². The molecule has 0 unspecified atom stereocenters. The van der Waals surface area contributed by atoms with Crippen LogP contribution >= 0.6 is 0 Å². The lowest BCUT2D eigenvalue weighted by molar-refractivity contribution is 0.152. The van der Waals surface area contributed by atoms with E-state index in [2.05, 4.69) is 62.1 Å². The number of hydrogen-bond acceptors (Lipinski definition) is 0. The summed E-state index contributed by atoms with van der Waals surface area (Å²) in [6, 6.07) is 9.15. The van der Waals surface area contributed by atoms with E-state index in [-0.39, 0.29) is 0 Å². The predicted molar refractivity (Wildman–Crippen MR) is 148 cm³/mol. The molecule has 0 nitrogen and oxygen atoms in total. The molecule has 0 aliphatic heterocycles. The molecule has 0 spiro atoms. The van der Waals surface area contributed by atoms with E-state index in [9.17, 15) is 0 Å². The zero-order chi connectivity index (χ0) is 23.6. The third-order valence-corrected chi connectivity index (χ3v) is 9.81. The fourth-order valence-corrected chi connectivity index (χ4v) is 7.30. The van der Waals surface area contributed by atoms with Gasteiger partial charge in [0.05, 0.1) is 0 Å². The van der Waals surface area contributed by atoms with Gasteiger partial charge in [0.2, 0.25) is 0 Å². The van der Waals surface area contributed by atoms with E-state index in [4.69, 9.17) is 0 Å². The molecule has 0 heterocycles. The average Bonchev–Trinajstić information content (AvgIpc) is 2.91. The van der Waals surface area contributed by atoms with Gasteiger partial charge in [-0.3, -0.25) is 0 Å². The normalized spacial score (nSPS) is 32.3. The van der Waals surface area contributed by atoms with Gasteiger partial charge < -0.3 is 0 Å². The topological polar surface area (TPSA) is 0 Å². The minimum atomic E-state index is 0.757. The summed E-state index contributed by atoms with van der Waals surface area (Å²) >= 11 is 0. The van der Waals surface area contributed by atoms with Gasteiger partial charge in [0.15, 0.2) is 0 Å². The number of hydrogen-bond donors (Lipinski definition) is 0. The lowest BCUT2D eigenvalue weighted by atomic mass is 9.68. The molecule has 3 aliphatic carbocycles. The van der Waals surface area contributed by atoms with Crippen molar-refractivity contribution in [3.8, 4) is 11.8 Å². The maximum Gasteiger partial charge on any atom is 0.0249 e. The summed E-state index contributed by atoms with van der Waals surface area (Å²) in [5, 5.41) is 0. The van der Waals surface area contributed by atoms with Gasteiger partial charge >= 0.3 is 0 Å². The van der Waals surface area contributed by atoms with Crippen molar-refractivity contribution in [2.24, 2.45) is 29.6 Å². The first-order valence-corrected chi connectivity index (χ1v) is 15.0. The van der Waals surface area contributed by atoms with Crippen LogP contribution in [0.5, 0.6) is 0 Å². The van der Waals surface area contributed by atoms with Gasteiger partial charge in [-0.2, -0.15) is 0 Å². The molecule has 0 aromatic heterocycles. The van der Waals surface area contributed by atoms with Gasteiger partial charge in [-0.15, -0.1) is 0 Å². The molecule has 0 atom stereocenters. The maximum atomic E-state index is 3.37. The molecule has 34 heavy (non-hydrogen) atoms. The van der Waals surface area contributed by atoms with Crippen molar-refractivity contribution in [2.45, 2.75) is 122 Å². The number of unbranched alkanes of at least 4 members (excludes halogenated alkanes) is 1. The molecule has 0 N–H and O–H groups in total. The Bertz CT molecular complexity index is 779. The van der Waals surface area contributed by atoms with Crippen molar-refractivity contribution in [3.05, 3.63) is 47.5 Å². The Morgan fingerprint density at radius 1 is 0.735 bits per heavy atom. The van der Waals surface area contributed by atoms with E-state index in [0.717, 1.165) is 41.1 Å². The summed E-state index contributed by atoms with van der Waals surface area (Å²) in [6.07, 6.45) is 27.5. The molecule has 3 aliphatic rings. The van der Waals surface area contributed by atoms with Crippen LogP contribution in [0, 0.1) is 41.4 Å². The SMILES string of the molecule is CCCCC1CCC(C2CCC(C=CC#Cc3ccc(C4CCC(CC)CC4)cc3)CC2)CC1. The lowest BCUT2D eigenvalue weighted by Gasteiger charge is -2.37. The van der Waals surface area contributed by atoms with Gasteiger partial charge in [-0.05, 0) is 123 Å². The van der Waals surface area contributed by atoms with Crippen molar-refractivity contribution in [2.75, 3.05) is 0 Å². The summed E-state index contributed by atoms with van der Waals surface area (Å²) in [5.41, 5.74) is 2.69. The molecule has 0 radical (unpaired) electrons. The largest absolute Gasteiger partial charge is 0.0730 e. The van der Waals surface area contributed by atoms with Gasteiger partial charge in [0.25, 0.3) is 0 Å². The van der Waals surface area contributed by atoms with Crippen molar-refractivity contribution in [3.63, 3.8) is 0 Å². The molecule has 0 saturated heterocycles. The molecule has 4 rings (SSSR count). The Hall–Kier alpha value is -1.48. The molecule has 186 valence electrons. The van der Waals surface area contributed by atoms with Crippen molar-refractivity contribution >= 4 is 0 Å². The van der Waals surface area contributed by atoms with Crippen LogP contribution in [0.4, 0.5) is 0 Å². The average molecular weight is 459 g/mol. The Balaban J connectivity index is 1.16. The first-order valence-electron chi connectivity index (χ1n) is 15.0. The lowest BCUT2D eigenvalue weighted by Crippen LogP contribution is -2.25. The third kappa shape index (κ3) is 7.51. The molecule has 3 saturated carbocycles. The number of allylic oxidation sites excluding steroid dienone is 2. The second kappa shape index (κ2) is 13.6. The Morgan fingerprint density at radius 3 is 1.97 bits per heavy atom. The zero-order valence-corrected chi connectivity index (χ0v) is 22.2. The fourth-order valence-electron chi connectivity index (χ4n) is 7.30. The smallest absolute Gasteiger partial charge is 0.0249 e. The molecule has 0 amide bonds. The quantitative estimate of drug-likeness (QED) is 0.356. The predicted octanol–water partition coefficient (Wildman–Crippen LogP) is 10.1. The third-order valence-electron chi connectivity index (χ3n) is 9.81. The van der Waals surface area contributed by atoms with Crippen LogP contribution in [-0.2, 0) is 0 Å². The van der Waals surface area contributed by atoms with Crippen LogP contribution in [0.3, 0.4) is 0 Å². The van der Waals surface area contributed by atoms with Crippen molar-refractivity contribution in [1.29, 1.82) is 0 Å². The summed E-state index contributed by atoms with van der Waals surface area (Å²) in [4.78, 5) is 0. The highest BCUT2D eigenvalue weighted by molar-refractivity contribution is 5.39. The second-order valence-corrected chi connectivity index (χ2v) is 12.0. The van der Waals surface area contributed by atoms with E-state index in [1.807, 2.05) is 0 Å². The highest BCUT2D eigenvalue weighted by atomic mass is 14.4. The number of rotatable bonds is 7. The molecular formula is C34H50. The van der Waals surface area contributed by atoms with E-state index < -0.39 is 0 Å². The first-order chi connectivity index (χ1) is 16.7. The van der Waals surface area contributed by atoms with Crippen LogP contribution in [0.25, 0.3) is 0 Å². The number of benzene rings is 1. The minimum absolute atomic E-state index is 0.757. The van der Waals surface area contributed by atoms with Gasteiger partial charge in [0.1, 0.15) is 0 Å². The van der Waals surface area contributed by atoms with E-state index in [1.54, 1.807) is 0 Å². The van der Waals surface area contributed by atoms with Crippen LogP contribution in [0.15, 0.2) is 36.4 Å². The monoisotopic (exact) mass is 458 g/mol. The molecule has 3 fully saturated rings. The van der Waals surface area contributed by atoms with E-state index in [1.165, 1.54) is 108 Å². The molecule has 1 aromatic rings. The summed E-state index contributed by atoms with van der Waals surface area (Å²) < 4.78 is 0. The summed E-state index contributed by atoms with van der Waals surface area (Å²) in [7, 11) is 0. The van der Waals surface area contributed by atoms with Crippen molar-refractivity contribution < 1.29 is 0 Å². The maximum absolute atomic E-state index is 3.37. The molecule has 0 heteroatoms. The first kappa shape index (κ1) is 25.6. The van der Waals surface area contributed by atoms with Gasteiger partial charge in [-0.25, -0.2) is 0 Å². The van der Waals surface area contributed by atoms with Gasteiger partial charge in [0, 0.05) is 5.56 Å². The highest BCUT2D eigenvalue weighted by Gasteiger charge is 2.30. The van der Waals surface area contributed by atoms with E-state index >= 15 is 0 Å². The van der Waals surface area contributed by atoms with Crippen LogP contribution < -0.4 is 0 Å². The highest BCUT2D eigenvalue weighted by Crippen LogP contribution is 2.42. The standard InChI is InChI=1S/C34H50/c1-3-5-8-28-13-21-33(22-14-28)34-25-17-30(18-26-34)10-7-6-9-29-15-23-32(24-16-29)31-19-11-27(4-2)12-20-31/h7,10,15-16,23-24,27-28,30-31,33-34H,3-5,8,11-14,17-22,25-26H2,1-2H3. The van der Waals surface area contributed by atoms with Crippen molar-refractivity contribution in [1.82, 2.24) is 0 Å². The van der Waals surface area contributed by atoms with Crippen LogP contribution in [0.2, 0.25) is 0 Å². The molecular weight excluding hydrogens is 408 g/mol. The van der Waals surface area contributed by atoms with Gasteiger partial charge in [-0.1, -0.05) is 82.4 Å². The minimum Gasteiger partial charge on any atom is -0.0730 e. The Morgan fingerprint density at radius 2 is 1.35 bits per heavy atom. The van der Waals surface area contributed by atoms with Crippen LogP contribution in [-0.4, -0.2) is 0 Å². The summed E-state index contributed by atoms with van der Waals surface area (Å²) in [6.45, 7) is 4.68. The Kier molecular flexibility index (Phi) is 10.2. The second-order valence-electron chi connectivity index (χ2n) is 12.0. The zero-order valence-electron chi connectivity index (χ0n) is 22.2. The van der Waals surface area contributed by atoms with Crippen LogP contribution in [0.1, 0.15) is 134 Å².